The zero-order chi connectivity index (χ0) is 17.6. The Labute approximate surface area is 134 Å². The van der Waals surface area contributed by atoms with Gasteiger partial charge in [-0.3, -0.25) is 4.79 Å². The summed E-state index contributed by atoms with van der Waals surface area (Å²) in [5.74, 6) is -1.65. The van der Waals surface area contributed by atoms with E-state index in [0.29, 0.717) is 6.42 Å². The molecular formula is C16H21NO6. The van der Waals surface area contributed by atoms with Gasteiger partial charge in [0.25, 0.3) is 5.91 Å². The highest BCUT2D eigenvalue weighted by molar-refractivity contribution is 6.05. The largest absolute Gasteiger partial charge is 0.465 e. The highest BCUT2D eigenvalue weighted by Crippen LogP contribution is 2.23. The van der Waals surface area contributed by atoms with E-state index in [2.05, 4.69) is 14.8 Å². The molecule has 0 bridgehead atoms. The predicted molar refractivity (Wildman–Crippen MR) is 83.5 cm³/mol. The molecule has 1 aromatic carbocycles. The van der Waals surface area contributed by atoms with Gasteiger partial charge >= 0.3 is 11.9 Å². The van der Waals surface area contributed by atoms with Gasteiger partial charge in [-0.1, -0.05) is 6.92 Å². The van der Waals surface area contributed by atoms with Crippen LogP contribution in [0, 0.1) is 0 Å². The second-order valence-electron chi connectivity index (χ2n) is 4.99. The zero-order valence-corrected chi connectivity index (χ0v) is 13.9. The van der Waals surface area contributed by atoms with Gasteiger partial charge in [0.2, 0.25) is 0 Å². The maximum absolute atomic E-state index is 12.4. The summed E-state index contributed by atoms with van der Waals surface area (Å²) in [7, 11) is 3.90. The Morgan fingerprint density at radius 1 is 1.09 bits per heavy atom. The molecule has 0 fully saturated rings. The quantitative estimate of drug-likeness (QED) is 0.805. The molecule has 0 spiro atoms. The Hall–Kier alpha value is -2.41. The first kappa shape index (κ1) is 18.6. The van der Waals surface area contributed by atoms with Crippen LogP contribution in [0.3, 0.4) is 0 Å². The van der Waals surface area contributed by atoms with Gasteiger partial charge < -0.3 is 19.5 Å². The van der Waals surface area contributed by atoms with E-state index in [9.17, 15) is 14.4 Å². The van der Waals surface area contributed by atoms with Crippen molar-refractivity contribution >= 4 is 23.5 Å². The van der Waals surface area contributed by atoms with Gasteiger partial charge in [-0.05, 0) is 31.5 Å². The molecule has 0 heterocycles. The fraction of sp³-hybridized carbons (Fsp3) is 0.438. The Balaban J connectivity index is 3.27. The standard InChI is InChI=1S/C16H21NO6/c1-6-16(2,23-5)15(20)17-12-9-10(13(18)21-3)7-8-11(12)14(19)22-4/h7-9H,6H2,1-5H3,(H,17,20). The molecule has 0 aliphatic rings. The number of hydrogen-bond donors (Lipinski definition) is 1. The first-order chi connectivity index (χ1) is 10.8. The van der Waals surface area contributed by atoms with Crippen LogP contribution in [-0.4, -0.2) is 44.8 Å². The molecule has 0 aromatic heterocycles. The van der Waals surface area contributed by atoms with Gasteiger partial charge in [0.05, 0.1) is 31.0 Å². The smallest absolute Gasteiger partial charge is 0.339 e. The number of methoxy groups -OCH3 is 3. The summed E-state index contributed by atoms with van der Waals surface area (Å²) in [5.41, 5.74) is -0.579. The van der Waals surface area contributed by atoms with E-state index in [1.54, 1.807) is 13.8 Å². The summed E-state index contributed by atoms with van der Waals surface area (Å²) in [6.45, 7) is 3.43. The number of carbonyl (C=O) groups is 3. The Morgan fingerprint density at radius 3 is 2.17 bits per heavy atom. The monoisotopic (exact) mass is 323 g/mol. The third-order valence-electron chi connectivity index (χ3n) is 3.70. The third-order valence-corrected chi connectivity index (χ3v) is 3.70. The maximum Gasteiger partial charge on any atom is 0.339 e. The van der Waals surface area contributed by atoms with E-state index in [-0.39, 0.29) is 16.8 Å². The molecule has 1 unspecified atom stereocenters. The van der Waals surface area contributed by atoms with Gasteiger partial charge in [-0.25, -0.2) is 9.59 Å². The van der Waals surface area contributed by atoms with Crippen LogP contribution in [-0.2, 0) is 19.0 Å². The predicted octanol–water partition coefficient (Wildman–Crippen LogP) is 2.01. The molecule has 1 aromatic rings. The number of rotatable bonds is 6. The molecule has 0 radical (unpaired) electrons. The number of benzene rings is 1. The number of nitrogens with one attached hydrogen (secondary N) is 1. The number of esters is 2. The summed E-state index contributed by atoms with van der Waals surface area (Å²) >= 11 is 0. The second kappa shape index (κ2) is 7.73. The lowest BCUT2D eigenvalue weighted by Crippen LogP contribution is -2.41. The van der Waals surface area contributed by atoms with Crippen molar-refractivity contribution in [2.75, 3.05) is 26.6 Å². The van der Waals surface area contributed by atoms with Crippen LogP contribution in [0.15, 0.2) is 18.2 Å². The van der Waals surface area contributed by atoms with Crippen LogP contribution >= 0.6 is 0 Å². The fourth-order valence-corrected chi connectivity index (χ4v) is 1.83. The van der Waals surface area contributed by atoms with E-state index in [0.717, 1.165) is 0 Å². The van der Waals surface area contributed by atoms with Crippen molar-refractivity contribution in [3.05, 3.63) is 29.3 Å². The van der Waals surface area contributed by atoms with E-state index in [1.807, 2.05) is 0 Å². The molecule has 7 nitrogen and oxygen atoms in total. The number of hydrogen-bond acceptors (Lipinski definition) is 6. The summed E-state index contributed by atoms with van der Waals surface area (Å²) in [6, 6.07) is 4.18. The fourth-order valence-electron chi connectivity index (χ4n) is 1.83. The van der Waals surface area contributed by atoms with E-state index >= 15 is 0 Å². The average molecular weight is 323 g/mol. The van der Waals surface area contributed by atoms with Gasteiger partial charge in [-0.2, -0.15) is 0 Å². The Morgan fingerprint density at radius 2 is 1.70 bits per heavy atom. The Kier molecular flexibility index (Phi) is 6.27. The van der Waals surface area contributed by atoms with Gasteiger partial charge in [-0.15, -0.1) is 0 Å². The van der Waals surface area contributed by atoms with E-state index in [4.69, 9.17) is 4.74 Å². The Bertz CT molecular complexity index is 607. The maximum atomic E-state index is 12.4. The summed E-state index contributed by atoms with van der Waals surface area (Å²) < 4.78 is 14.6. The average Bonchev–Trinajstić information content (AvgIpc) is 2.59. The molecule has 1 N–H and O–H groups in total. The molecule has 0 saturated carbocycles. The molecule has 1 amide bonds. The van der Waals surface area contributed by atoms with Crippen molar-refractivity contribution in [1.82, 2.24) is 0 Å². The molecular weight excluding hydrogens is 302 g/mol. The second-order valence-corrected chi connectivity index (χ2v) is 4.99. The normalized spacial score (nSPS) is 12.9. The summed E-state index contributed by atoms with van der Waals surface area (Å²) in [4.78, 5) is 35.9. The topological polar surface area (TPSA) is 90.9 Å². The van der Waals surface area contributed by atoms with Gasteiger partial charge in [0, 0.05) is 7.11 Å². The molecule has 0 aliphatic carbocycles. The summed E-state index contributed by atoms with van der Waals surface area (Å²) in [6.07, 6.45) is 0.430. The van der Waals surface area contributed by atoms with Gasteiger partial charge in [0.1, 0.15) is 5.60 Å². The SMILES string of the molecule is CCC(C)(OC)C(=O)Nc1cc(C(=O)OC)ccc1C(=O)OC. The number of anilines is 1. The first-order valence-corrected chi connectivity index (χ1v) is 7.00. The highest BCUT2D eigenvalue weighted by atomic mass is 16.5. The van der Waals surface area contributed by atoms with Crippen LogP contribution in [0.2, 0.25) is 0 Å². The molecule has 23 heavy (non-hydrogen) atoms. The molecule has 0 aliphatic heterocycles. The van der Waals surface area contributed by atoms with Crippen molar-refractivity contribution in [3.63, 3.8) is 0 Å². The summed E-state index contributed by atoms with van der Waals surface area (Å²) in [5, 5.41) is 2.62. The lowest BCUT2D eigenvalue weighted by atomic mass is 10.0. The van der Waals surface area contributed by atoms with Crippen LogP contribution in [0.4, 0.5) is 5.69 Å². The number of ether oxygens (including phenoxy) is 3. The lowest BCUT2D eigenvalue weighted by molar-refractivity contribution is -0.136. The van der Waals surface area contributed by atoms with Crippen molar-refractivity contribution < 1.29 is 28.6 Å². The molecule has 0 saturated heterocycles. The van der Waals surface area contributed by atoms with Crippen LogP contribution in [0.1, 0.15) is 41.0 Å². The van der Waals surface area contributed by atoms with Crippen LogP contribution in [0.5, 0.6) is 0 Å². The molecule has 7 heteroatoms. The van der Waals surface area contributed by atoms with Crippen LogP contribution < -0.4 is 5.32 Å². The number of carbonyl (C=O) groups excluding carboxylic acids is 3. The van der Waals surface area contributed by atoms with E-state index in [1.165, 1.54) is 39.5 Å². The van der Waals surface area contributed by atoms with Crippen LogP contribution in [0.25, 0.3) is 0 Å². The minimum absolute atomic E-state index is 0.128. The molecule has 1 rings (SSSR count). The minimum atomic E-state index is -1.06. The minimum Gasteiger partial charge on any atom is -0.465 e. The number of amides is 1. The zero-order valence-electron chi connectivity index (χ0n) is 13.9. The van der Waals surface area contributed by atoms with Crippen molar-refractivity contribution in [2.24, 2.45) is 0 Å². The van der Waals surface area contributed by atoms with Gasteiger partial charge in [0.15, 0.2) is 0 Å². The van der Waals surface area contributed by atoms with Crippen molar-refractivity contribution in [2.45, 2.75) is 25.9 Å². The molecule has 126 valence electrons. The highest BCUT2D eigenvalue weighted by Gasteiger charge is 2.32. The lowest BCUT2D eigenvalue weighted by Gasteiger charge is -2.25. The third kappa shape index (κ3) is 4.07. The first-order valence-electron chi connectivity index (χ1n) is 7.00. The van der Waals surface area contributed by atoms with E-state index < -0.39 is 23.4 Å². The molecule has 1 atom stereocenters. The van der Waals surface area contributed by atoms with Crippen molar-refractivity contribution in [3.8, 4) is 0 Å². The van der Waals surface area contributed by atoms with Crippen molar-refractivity contribution in [1.29, 1.82) is 0 Å².